The number of fused-ring (bicyclic) bond motifs is 2. The van der Waals surface area contributed by atoms with Crippen molar-refractivity contribution >= 4 is 17.0 Å². The third kappa shape index (κ3) is 1.79. The van der Waals surface area contributed by atoms with Crippen LogP contribution in [0.1, 0.15) is 29.1 Å². The predicted octanol–water partition coefficient (Wildman–Crippen LogP) is 2.33. The van der Waals surface area contributed by atoms with Gasteiger partial charge in [-0.3, -0.25) is 9.89 Å². The molecule has 102 valence electrons. The number of nitrogens with one attached hydrogen (secondary N) is 1. The maximum atomic E-state index is 12.1. The number of aromatic amines is 1. The Morgan fingerprint density at radius 2 is 2.10 bits per heavy atom. The molecule has 0 bridgehead atoms. The van der Waals surface area contributed by atoms with Crippen molar-refractivity contribution in [2.75, 3.05) is 0 Å². The Morgan fingerprint density at radius 3 is 2.95 bits per heavy atom. The van der Waals surface area contributed by atoms with Crippen LogP contribution in [0.2, 0.25) is 0 Å². The highest BCUT2D eigenvalue weighted by atomic mass is 32.1. The van der Waals surface area contributed by atoms with Gasteiger partial charge in [-0.05, 0) is 32.6 Å². The van der Waals surface area contributed by atoms with Crippen LogP contribution in [0.15, 0.2) is 16.9 Å². The number of hydrogen-bond donors (Lipinski definition) is 1. The number of nitrogens with zero attached hydrogens (tertiary/aromatic N) is 3. The number of hydrogen-bond acceptors (Lipinski definition) is 4. The van der Waals surface area contributed by atoms with Crippen molar-refractivity contribution in [2.24, 2.45) is 0 Å². The smallest absolute Gasteiger partial charge is 0.273 e. The first kappa shape index (κ1) is 11.8. The van der Waals surface area contributed by atoms with Gasteiger partial charge in [0, 0.05) is 22.7 Å². The van der Waals surface area contributed by atoms with Crippen molar-refractivity contribution in [1.82, 2.24) is 19.6 Å². The molecule has 0 saturated heterocycles. The first-order valence-corrected chi connectivity index (χ1v) is 7.61. The zero-order valence-corrected chi connectivity index (χ0v) is 12.0. The summed E-state index contributed by atoms with van der Waals surface area (Å²) in [5, 5.41) is 3.85. The van der Waals surface area contributed by atoms with Crippen LogP contribution in [0.25, 0.3) is 16.3 Å². The summed E-state index contributed by atoms with van der Waals surface area (Å²) in [7, 11) is 0. The summed E-state index contributed by atoms with van der Waals surface area (Å²) < 4.78 is 1.46. The van der Waals surface area contributed by atoms with E-state index in [1.165, 1.54) is 27.9 Å². The highest BCUT2D eigenvalue weighted by Crippen LogP contribution is 2.31. The van der Waals surface area contributed by atoms with Gasteiger partial charge in [0.15, 0.2) is 5.65 Å². The van der Waals surface area contributed by atoms with Crippen LogP contribution in [-0.2, 0) is 12.8 Å². The molecule has 1 aliphatic carbocycles. The second kappa shape index (κ2) is 4.28. The Labute approximate surface area is 119 Å². The standard InChI is InChI=1S/C14H14N4OS/c1-8-6-12-15-10(7-13(19)18(12)17-8)14-16-9-4-2-3-5-11(9)20-14/h6-7,17H,2-5H2,1H3. The fourth-order valence-electron chi connectivity index (χ4n) is 2.68. The molecule has 6 heteroatoms. The molecule has 0 saturated carbocycles. The van der Waals surface area contributed by atoms with Gasteiger partial charge in [0.05, 0.1) is 5.69 Å². The molecule has 0 unspecified atom stereocenters. The van der Waals surface area contributed by atoms with Gasteiger partial charge in [0.25, 0.3) is 5.56 Å². The average molecular weight is 286 g/mol. The molecule has 20 heavy (non-hydrogen) atoms. The molecular formula is C14H14N4OS. The lowest BCUT2D eigenvalue weighted by molar-refractivity contribution is 0.682. The summed E-state index contributed by atoms with van der Waals surface area (Å²) in [6.07, 6.45) is 4.61. The number of thiazole rings is 1. The van der Waals surface area contributed by atoms with Crippen molar-refractivity contribution in [3.63, 3.8) is 0 Å². The minimum absolute atomic E-state index is 0.0914. The molecule has 5 nitrogen and oxygen atoms in total. The summed E-state index contributed by atoms with van der Waals surface area (Å²) in [6.45, 7) is 1.91. The monoisotopic (exact) mass is 286 g/mol. The second-order valence-corrected chi connectivity index (χ2v) is 6.29. The zero-order valence-electron chi connectivity index (χ0n) is 11.1. The van der Waals surface area contributed by atoms with Gasteiger partial charge in [0.1, 0.15) is 10.7 Å². The fraction of sp³-hybridized carbons (Fsp3) is 0.357. The van der Waals surface area contributed by atoms with Crippen molar-refractivity contribution < 1.29 is 0 Å². The number of aromatic nitrogens is 4. The van der Waals surface area contributed by atoms with Crippen LogP contribution in [0.5, 0.6) is 0 Å². The van der Waals surface area contributed by atoms with E-state index < -0.39 is 0 Å². The lowest BCUT2D eigenvalue weighted by atomic mass is 10.0. The van der Waals surface area contributed by atoms with Gasteiger partial charge in [-0.25, -0.2) is 14.5 Å². The van der Waals surface area contributed by atoms with E-state index in [1.807, 2.05) is 13.0 Å². The SMILES string of the molecule is Cc1cc2nc(-c3nc4c(s3)CCCC4)cc(=O)n2[nH]1. The van der Waals surface area contributed by atoms with E-state index in [1.54, 1.807) is 17.4 Å². The molecule has 3 heterocycles. The van der Waals surface area contributed by atoms with E-state index in [0.29, 0.717) is 11.3 Å². The van der Waals surface area contributed by atoms with E-state index in [4.69, 9.17) is 0 Å². The van der Waals surface area contributed by atoms with Gasteiger partial charge in [-0.2, -0.15) is 0 Å². The molecular weight excluding hydrogens is 272 g/mol. The molecule has 3 aromatic heterocycles. The van der Waals surface area contributed by atoms with Gasteiger partial charge >= 0.3 is 0 Å². The molecule has 3 aromatic rings. The summed E-state index contributed by atoms with van der Waals surface area (Å²) in [4.78, 5) is 22.7. The Bertz CT molecular complexity index is 834. The fourth-order valence-corrected chi connectivity index (χ4v) is 3.79. The van der Waals surface area contributed by atoms with Crippen LogP contribution < -0.4 is 5.56 Å². The number of H-pyrrole nitrogens is 1. The predicted molar refractivity (Wildman–Crippen MR) is 78.3 cm³/mol. The Morgan fingerprint density at radius 1 is 1.25 bits per heavy atom. The average Bonchev–Trinajstić information content (AvgIpc) is 3.01. The van der Waals surface area contributed by atoms with E-state index in [2.05, 4.69) is 15.1 Å². The molecule has 1 aliphatic rings. The topological polar surface area (TPSA) is 63.1 Å². The molecule has 0 fully saturated rings. The van der Waals surface area contributed by atoms with Crippen molar-refractivity contribution in [3.8, 4) is 10.7 Å². The Kier molecular flexibility index (Phi) is 2.53. The van der Waals surface area contributed by atoms with E-state index in [9.17, 15) is 4.79 Å². The maximum Gasteiger partial charge on any atom is 0.273 e. The maximum absolute atomic E-state index is 12.1. The van der Waals surface area contributed by atoms with Crippen LogP contribution in [0, 0.1) is 6.92 Å². The summed E-state index contributed by atoms with van der Waals surface area (Å²) >= 11 is 1.68. The van der Waals surface area contributed by atoms with Crippen molar-refractivity contribution in [1.29, 1.82) is 0 Å². The largest absolute Gasteiger partial charge is 0.294 e. The van der Waals surface area contributed by atoms with E-state index in [-0.39, 0.29) is 5.56 Å². The van der Waals surface area contributed by atoms with Crippen molar-refractivity contribution in [3.05, 3.63) is 38.8 Å². The first-order valence-electron chi connectivity index (χ1n) is 6.79. The molecule has 0 aromatic carbocycles. The van der Waals surface area contributed by atoms with Crippen LogP contribution in [-0.4, -0.2) is 19.6 Å². The Hall–Kier alpha value is -1.95. The van der Waals surface area contributed by atoms with Crippen LogP contribution in [0.4, 0.5) is 0 Å². The normalized spacial score (nSPS) is 14.7. The first-order chi connectivity index (χ1) is 9.70. The molecule has 0 atom stereocenters. The lowest BCUT2D eigenvalue weighted by Crippen LogP contribution is -2.14. The van der Waals surface area contributed by atoms with Crippen LogP contribution in [0.3, 0.4) is 0 Å². The summed E-state index contributed by atoms with van der Waals surface area (Å²) in [6, 6.07) is 3.44. The van der Waals surface area contributed by atoms with E-state index in [0.717, 1.165) is 23.5 Å². The summed E-state index contributed by atoms with van der Waals surface area (Å²) in [5.74, 6) is 0. The molecule has 1 N–H and O–H groups in total. The second-order valence-electron chi connectivity index (χ2n) is 5.21. The quantitative estimate of drug-likeness (QED) is 0.747. The van der Waals surface area contributed by atoms with E-state index >= 15 is 0 Å². The van der Waals surface area contributed by atoms with Gasteiger partial charge in [-0.1, -0.05) is 0 Å². The highest BCUT2D eigenvalue weighted by molar-refractivity contribution is 7.15. The molecule has 0 amide bonds. The third-order valence-corrected chi connectivity index (χ3v) is 4.82. The van der Waals surface area contributed by atoms with Crippen molar-refractivity contribution in [2.45, 2.75) is 32.6 Å². The van der Waals surface area contributed by atoms with Crippen LogP contribution >= 0.6 is 11.3 Å². The highest BCUT2D eigenvalue weighted by Gasteiger charge is 2.17. The third-order valence-electron chi connectivity index (χ3n) is 3.64. The number of rotatable bonds is 1. The number of aryl methyl sites for hydroxylation is 3. The molecule has 0 spiro atoms. The molecule has 4 rings (SSSR count). The minimum atomic E-state index is -0.0914. The van der Waals surface area contributed by atoms with Gasteiger partial charge in [0.2, 0.25) is 0 Å². The van der Waals surface area contributed by atoms with Gasteiger partial charge < -0.3 is 0 Å². The Balaban J connectivity index is 1.89. The molecule has 0 radical (unpaired) electrons. The lowest BCUT2D eigenvalue weighted by Gasteiger charge is -2.06. The minimum Gasteiger partial charge on any atom is -0.294 e. The molecule has 0 aliphatic heterocycles. The zero-order chi connectivity index (χ0) is 13.7. The summed E-state index contributed by atoms with van der Waals surface area (Å²) in [5.41, 5.74) is 3.37. The van der Waals surface area contributed by atoms with Gasteiger partial charge in [-0.15, -0.1) is 11.3 Å².